The second kappa shape index (κ2) is 55.4. The van der Waals surface area contributed by atoms with Crippen LogP contribution in [0.1, 0.15) is 324 Å². The maximum Gasteiger partial charge on any atom is 0.147 e. The molecule has 0 aliphatic heterocycles. The van der Waals surface area contributed by atoms with E-state index in [0.717, 1.165) is 56.8 Å². The zero-order valence-electron chi connectivity index (χ0n) is 45.3. The summed E-state index contributed by atoms with van der Waals surface area (Å²) in [5.41, 5.74) is 0. The molecule has 4 heteroatoms. The summed E-state index contributed by atoms with van der Waals surface area (Å²) < 4.78 is 24.4. The van der Waals surface area contributed by atoms with Crippen LogP contribution in [0.25, 0.3) is 0 Å². The molecular formula is C60H122O4. The van der Waals surface area contributed by atoms with Crippen molar-refractivity contribution in [1.82, 2.24) is 0 Å². The second-order valence-corrected chi connectivity index (χ2v) is 21.4. The van der Waals surface area contributed by atoms with Crippen LogP contribution in [0.3, 0.4) is 0 Å². The predicted molar refractivity (Wildman–Crippen MR) is 285 cm³/mol. The van der Waals surface area contributed by atoms with E-state index < -0.39 is 0 Å². The molecule has 3 unspecified atom stereocenters. The average molecular weight is 908 g/mol. The molecule has 64 heavy (non-hydrogen) atoms. The normalized spacial score (nSPS) is 13.8. The molecule has 0 aromatic carbocycles. The van der Waals surface area contributed by atoms with E-state index in [2.05, 4.69) is 41.5 Å². The van der Waals surface area contributed by atoms with Crippen molar-refractivity contribution in [3.63, 3.8) is 0 Å². The first-order valence-electron chi connectivity index (χ1n) is 29.9. The molecule has 0 radical (unpaired) electrons. The molecule has 0 aliphatic carbocycles. The lowest BCUT2D eigenvalue weighted by Crippen LogP contribution is -2.27. The summed E-state index contributed by atoms with van der Waals surface area (Å²) in [5.74, 6) is 2.78. The Labute approximate surface area is 405 Å². The van der Waals surface area contributed by atoms with Crippen molar-refractivity contribution in [2.24, 2.45) is 17.8 Å². The molecule has 4 nitrogen and oxygen atoms in total. The van der Waals surface area contributed by atoms with E-state index in [-0.39, 0.29) is 6.10 Å². The molecule has 0 aromatic heterocycles. The Morgan fingerprint density at radius 3 is 0.734 bits per heavy atom. The van der Waals surface area contributed by atoms with Gasteiger partial charge < -0.3 is 18.9 Å². The Bertz CT molecular complexity index is 715. The van der Waals surface area contributed by atoms with Crippen molar-refractivity contribution in [2.75, 3.05) is 39.8 Å². The molecule has 0 aliphatic rings. The maximum atomic E-state index is 6.18. The lowest BCUT2D eigenvalue weighted by molar-refractivity contribution is -0.131. The fraction of sp³-hybridized carbons (Fsp3) is 1.00. The van der Waals surface area contributed by atoms with Gasteiger partial charge in [-0.1, -0.05) is 305 Å². The number of unbranched alkanes of at least 4 members (excludes halogenated alkanes) is 32. The van der Waals surface area contributed by atoms with E-state index in [0.29, 0.717) is 20.0 Å². The Morgan fingerprint density at radius 1 is 0.250 bits per heavy atom. The Hall–Kier alpha value is -0.160. The summed E-state index contributed by atoms with van der Waals surface area (Å²) in [6.45, 7) is 18.3. The Kier molecular flexibility index (Phi) is 55.3. The van der Waals surface area contributed by atoms with Gasteiger partial charge in [0, 0.05) is 19.8 Å². The Morgan fingerprint density at radius 2 is 0.469 bits per heavy atom. The van der Waals surface area contributed by atoms with Gasteiger partial charge in [-0.3, -0.25) is 0 Å². The summed E-state index contributed by atoms with van der Waals surface area (Å²) in [5, 5.41) is 0. The molecule has 0 amide bonds. The second-order valence-electron chi connectivity index (χ2n) is 21.4. The van der Waals surface area contributed by atoms with Crippen molar-refractivity contribution >= 4 is 0 Å². The van der Waals surface area contributed by atoms with Crippen LogP contribution < -0.4 is 0 Å². The highest BCUT2D eigenvalue weighted by Crippen LogP contribution is 2.21. The van der Waals surface area contributed by atoms with Gasteiger partial charge in [-0.25, -0.2) is 0 Å². The minimum Gasteiger partial charge on any atom is -0.379 e. The van der Waals surface area contributed by atoms with Crippen molar-refractivity contribution < 1.29 is 18.9 Å². The van der Waals surface area contributed by atoms with Gasteiger partial charge in [0.1, 0.15) is 12.9 Å². The molecular weight excluding hydrogens is 785 g/mol. The van der Waals surface area contributed by atoms with Crippen molar-refractivity contribution in [2.45, 2.75) is 330 Å². The molecule has 0 saturated carbocycles. The third-order valence-electron chi connectivity index (χ3n) is 14.4. The first-order valence-corrected chi connectivity index (χ1v) is 29.9. The van der Waals surface area contributed by atoms with E-state index >= 15 is 0 Å². The lowest BCUT2D eigenvalue weighted by atomic mass is 9.96. The lowest BCUT2D eigenvalue weighted by Gasteiger charge is -2.18. The monoisotopic (exact) mass is 907 g/mol. The van der Waals surface area contributed by atoms with Crippen LogP contribution in [-0.4, -0.2) is 45.9 Å². The van der Waals surface area contributed by atoms with Gasteiger partial charge in [-0.05, 0) is 37.0 Å². The van der Waals surface area contributed by atoms with Crippen LogP contribution in [0.5, 0.6) is 0 Å². The molecule has 0 saturated heterocycles. The summed E-state index contributed by atoms with van der Waals surface area (Å²) in [4.78, 5) is 0. The number of hydrogen-bond donors (Lipinski definition) is 0. The third-order valence-corrected chi connectivity index (χ3v) is 14.4. The smallest absolute Gasteiger partial charge is 0.147 e. The van der Waals surface area contributed by atoms with Gasteiger partial charge in [-0.15, -0.1) is 0 Å². The standard InChI is InChI=1S/C60H122O4/c1-7-10-13-36-45-57(4)48-39-30-24-18-16-21-27-33-42-51-61-54-60(55-62-52-43-34-28-22-17-19-25-31-40-49-58(5)46-37-14-11-8-2)64-56-63-53-44-35-29-23-20-26-32-41-50-59(6)47-38-15-12-9-3/h57-60H,7-56H2,1-6H3. The van der Waals surface area contributed by atoms with Gasteiger partial charge in [0.15, 0.2) is 0 Å². The minimum atomic E-state index is -0.0443. The average Bonchev–Trinajstić information content (AvgIpc) is 3.29. The first-order chi connectivity index (χ1) is 31.5. The molecule has 0 heterocycles. The minimum absolute atomic E-state index is 0.0443. The van der Waals surface area contributed by atoms with E-state index in [1.807, 2.05) is 0 Å². The highest BCUT2D eigenvalue weighted by atomic mass is 16.7. The molecule has 3 atom stereocenters. The van der Waals surface area contributed by atoms with Gasteiger partial charge in [0.2, 0.25) is 0 Å². The van der Waals surface area contributed by atoms with Crippen molar-refractivity contribution in [1.29, 1.82) is 0 Å². The van der Waals surface area contributed by atoms with Gasteiger partial charge in [0.25, 0.3) is 0 Å². The van der Waals surface area contributed by atoms with E-state index in [9.17, 15) is 0 Å². The predicted octanol–water partition coefficient (Wildman–Crippen LogP) is 20.5. The molecule has 386 valence electrons. The van der Waals surface area contributed by atoms with Crippen molar-refractivity contribution in [3.8, 4) is 0 Å². The highest BCUT2D eigenvalue weighted by molar-refractivity contribution is 4.60. The van der Waals surface area contributed by atoms with Crippen LogP contribution in [-0.2, 0) is 18.9 Å². The molecule has 0 bridgehead atoms. The van der Waals surface area contributed by atoms with Crippen LogP contribution in [0.15, 0.2) is 0 Å². The van der Waals surface area contributed by atoms with Crippen LogP contribution in [0, 0.1) is 17.8 Å². The van der Waals surface area contributed by atoms with Crippen LogP contribution in [0.4, 0.5) is 0 Å². The van der Waals surface area contributed by atoms with E-state index in [1.165, 1.54) is 263 Å². The Balaban J connectivity index is 4.07. The fourth-order valence-electron chi connectivity index (χ4n) is 9.60. The molecule has 0 aromatic rings. The third kappa shape index (κ3) is 52.8. The van der Waals surface area contributed by atoms with Gasteiger partial charge in [0.05, 0.1) is 13.2 Å². The summed E-state index contributed by atoms with van der Waals surface area (Å²) >= 11 is 0. The van der Waals surface area contributed by atoms with Crippen LogP contribution in [0.2, 0.25) is 0 Å². The number of ether oxygens (including phenoxy) is 4. The fourth-order valence-corrected chi connectivity index (χ4v) is 9.60. The van der Waals surface area contributed by atoms with Gasteiger partial charge >= 0.3 is 0 Å². The summed E-state index contributed by atoms with van der Waals surface area (Å²) in [7, 11) is 0. The maximum absolute atomic E-state index is 6.18. The number of rotatable bonds is 57. The first kappa shape index (κ1) is 63.8. The van der Waals surface area contributed by atoms with Crippen LogP contribution >= 0.6 is 0 Å². The summed E-state index contributed by atoms with van der Waals surface area (Å²) in [6, 6.07) is 0. The molecule has 0 spiro atoms. The largest absolute Gasteiger partial charge is 0.379 e. The zero-order chi connectivity index (χ0) is 46.5. The number of hydrogen-bond acceptors (Lipinski definition) is 4. The molecule has 0 rings (SSSR count). The van der Waals surface area contributed by atoms with Crippen molar-refractivity contribution in [3.05, 3.63) is 0 Å². The summed E-state index contributed by atoms with van der Waals surface area (Å²) in [6.07, 6.45) is 60.8. The van der Waals surface area contributed by atoms with E-state index in [4.69, 9.17) is 18.9 Å². The van der Waals surface area contributed by atoms with E-state index in [1.54, 1.807) is 0 Å². The molecule has 0 N–H and O–H groups in total. The topological polar surface area (TPSA) is 36.9 Å². The molecule has 0 fully saturated rings. The quantitative estimate of drug-likeness (QED) is 0.0450. The van der Waals surface area contributed by atoms with Gasteiger partial charge in [-0.2, -0.15) is 0 Å². The zero-order valence-corrected chi connectivity index (χ0v) is 45.3. The highest BCUT2D eigenvalue weighted by Gasteiger charge is 2.11. The SMILES string of the molecule is CCCCCCC(C)CCCCCCCCCCCOCC(COCCCCCCCCCCCC(C)CCCCCC)OCOCCCCCCCCCCC(C)CCCCCC.